The highest BCUT2D eigenvalue weighted by atomic mass is 35.5. The van der Waals surface area contributed by atoms with Crippen molar-refractivity contribution in [3.8, 4) is 5.75 Å². The van der Waals surface area contributed by atoms with E-state index in [1.54, 1.807) is 12.1 Å². The van der Waals surface area contributed by atoms with Gasteiger partial charge in [-0.05, 0) is 48.7 Å². The van der Waals surface area contributed by atoms with Gasteiger partial charge in [0, 0.05) is 10.7 Å². The number of rotatable bonds is 2. The summed E-state index contributed by atoms with van der Waals surface area (Å²) in [4.78, 5) is 12.1. The topological polar surface area (TPSA) is 50.4 Å². The van der Waals surface area contributed by atoms with Crippen molar-refractivity contribution in [1.29, 1.82) is 0 Å². The van der Waals surface area contributed by atoms with Crippen molar-refractivity contribution in [3.63, 3.8) is 0 Å². The summed E-state index contributed by atoms with van der Waals surface area (Å²) in [5, 5.41) is 6.44. The van der Waals surface area contributed by atoms with Gasteiger partial charge in [0.25, 0.3) is 0 Å². The molecular formula is C17H17ClN2O2. The summed E-state index contributed by atoms with van der Waals surface area (Å²) in [5.41, 5.74) is 2.79. The number of benzene rings is 2. The maximum absolute atomic E-state index is 12.1. The molecule has 0 spiro atoms. The number of carbonyl (C=O) groups is 1. The molecule has 2 N–H and O–H groups in total. The van der Waals surface area contributed by atoms with Crippen LogP contribution in [-0.4, -0.2) is 18.7 Å². The summed E-state index contributed by atoms with van der Waals surface area (Å²) in [6.07, 6.45) is 0.767. The van der Waals surface area contributed by atoms with E-state index in [0.717, 1.165) is 29.0 Å². The fourth-order valence-electron chi connectivity index (χ4n) is 2.53. The van der Waals surface area contributed by atoms with E-state index >= 15 is 0 Å². The Morgan fingerprint density at radius 1 is 1.27 bits per heavy atom. The molecule has 0 fully saturated rings. The molecule has 2 aromatic carbocycles. The monoisotopic (exact) mass is 316 g/mol. The van der Waals surface area contributed by atoms with Crippen LogP contribution in [0.4, 0.5) is 10.5 Å². The zero-order chi connectivity index (χ0) is 15.5. The molecule has 22 heavy (non-hydrogen) atoms. The molecule has 0 aliphatic carbocycles. The first-order chi connectivity index (χ1) is 10.6. The normalized spacial score (nSPS) is 16.4. The second-order valence-corrected chi connectivity index (χ2v) is 5.81. The number of para-hydroxylation sites is 1. The van der Waals surface area contributed by atoms with Crippen LogP contribution in [0.15, 0.2) is 42.5 Å². The Morgan fingerprint density at radius 2 is 2.09 bits per heavy atom. The highest BCUT2D eigenvalue weighted by Gasteiger charge is 2.21. The smallest absolute Gasteiger partial charge is 0.319 e. The van der Waals surface area contributed by atoms with Crippen LogP contribution in [0.3, 0.4) is 0 Å². The fraction of sp³-hybridized carbons (Fsp3) is 0.235. The molecule has 0 saturated heterocycles. The average Bonchev–Trinajstić information content (AvgIpc) is 2.50. The van der Waals surface area contributed by atoms with Crippen LogP contribution in [0.2, 0.25) is 5.02 Å². The summed E-state index contributed by atoms with van der Waals surface area (Å²) >= 11 is 5.91. The minimum atomic E-state index is -0.238. The summed E-state index contributed by atoms with van der Waals surface area (Å²) in [5.74, 6) is 0.898. The first kappa shape index (κ1) is 14.7. The largest absolute Gasteiger partial charge is 0.491 e. The lowest BCUT2D eigenvalue weighted by atomic mass is 10.0. The van der Waals surface area contributed by atoms with Crippen LogP contribution in [0.1, 0.15) is 11.1 Å². The first-order valence-electron chi connectivity index (χ1n) is 7.16. The molecule has 2 aromatic rings. The van der Waals surface area contributed by atoms with Gasteiger partial charge in [-0.15, -0.1) is 0 Å². The van der Waals surface area contributed by atoms with Crippen molar-refractivity contribution in [2.24, 2.45) is 0 Å². The Labute approximate surface area is 134 Å². The quantitative estimate of drug-likeness (QED) is 0.886. The lowest BCUT2D eigenvalue weighted by Crippen LogP contribution is -2.44. The number of nitrogens with one attached hydrogen (secondary N) is 2. The molecule has 4 nitrogen and oxygen atoms in total. The molecule has 0 radical (unpaired) electrons. The number of anilines is 1. The molecule has 5 heteroatoms. The number of urea groups is 1. The number of ether oxygens (including phenoxy) is 1. The molecule has 1 atom stereocenters. The Morgan fingerprint density at radius 3 is 2.91 bits per heavy atom. The predicted octanol–water partition coefficient (Wildman–Crippen LogP) is 3.77. The SMILES string of the molecule is Cc1cc(Cl)ccc1NC(=O)N[C@@H]1COc2ccccc2C1. The molecule has 3 rings (SSSR count). The molecule has 1 aliphatic rings. The van der Waals surface area contributed by atoms with Gasteiger partial charge in [-0.25, -0.2) is 4.79 Å². The van der Waals surface area contributed by atoms with Crippen molar-refractivity contribution < 1.29 is 9.53 Å². The van der Waals surface area contributed by atoms with E-state index in [1.165, 1.54) is 0 Å². The first-order valence-corrected chi connectivity index (χ1v) is 7.54. The zero-order valence-corrected chi connectivity index (χ0v) is 13.0. The summed E-state index contributed by atoms with van der Waals surface area (Å²) in [6, 6.07) is 13.0. The van der Waals surface area contributed by atoms with Gasteiger partial charge >= 0.3 is 6.03 Å². The number of hydrogen-bond acceptors (Lipinski definition) is 2. The highest BCUT2D eigenvalue weighted by Crippen LogP contribution is 2.24. The standard InChI is InChI=1S/C17H17ClN2O2/c1-11-8-13(18)6-7-15(11)20-17(21)19-14-9-12-4-2-3-5-16(12)22-10-14/h2-8,14H,9-10H2,1H3,(H2,19,20,21)/t14-/m0/s1. The van der Waals surface area contributed by atoms with Gasteiger partial charge < -0.3 is 15.4 Å². The Kier molecular flexibility index (Phi) is 4.20. The van der Waals surface area contributed by atoms with E-state index in [4.69, 9.17) is 16.3 Å². The van der Waals surface area contributed by atoms with E-state index in [9.17, 15) is 4.79 Å². The maximum Gasteiger partial charge on any atom is 0.319 e. The third-order valence-corrected chi connectivity index (χ3v) is 3.89. The van der Waals surface area contributed by atoms with Crippen LogP contribution < -0.4 is 15.4 Å². The number of amides is 2. The molecule has 1 heterocycles. The third kappa shape index (κ3) is 3.34. The molecule has 114 valence electrons. The van der Waals surface area contributed by atoms with Gasteiger partial charge in [-0.3, -0.25) is 0 Å². The van der Waals surface area contributed by atoms with Crippen molar-refractivity contribution in [2.75, 3.05) is 11.9 Å². The lowest BCUT2D eigenvalue weighted by molar-refractivity contribution is 0.222. The summed E-state index contributed by atoms with van der Waals surface area (Å²) < 4.78 is 5.67. The van der Waals surface area contributed by atoms with Gasteiger partial charge in [-0.2, -0.15) is 0 Å². The highest BCUT2D eigenvalue weighted by molar-refractivity contribution is 6.30. The van der Waals surface area contributed by atoms with E-state index < -0.39 is 0 Å². The van der Waals surface area contributed by atoms with Gasteiger partial charge in [0.2, 0.25) is 0 Å². The Balaban J connectivity index is 1.61. The van der Waals surface area contributed by atoms with Crippen LogP contribution in [0, 0.1) is 6.92 Å². The molecule has 0 aromatic heterocycles. The van der Waals surface area contributed by atoms with Crippen molar-refractivity contribution in [1.82, 2.24) is 5.32 Å². The van der Waals surface area contributed by atoms with E-state index in [0.29, 0.717) is 11.6 Å². The minimum Gasteiger partial charge on any atom is -0.491 e. The minimum absolute atomic E-state index is 0.0393. The zero-order valence-electron chi connectivity index (χ0n) is 12.2. The molecule has 0 unspecified atom stereocenters. The van der Waals surface area contributed by atoms with Crippen molar-refractivity contribution >= 4 is 23.3 Å². The lowest BCUT2D eigenvalue weighted by Gasteiger charge is -2.26. The number of hydrogen-bond donors (Lipinski definition) is 2. The predicted molar refractivity (Wildman–Crippen MR) is 87.8 cm³/mol. The number of carbonyl (C=O) groups excluding carboxylic acids is 1. The number of halogens is 1. The summed E-state index contributed by atoms with van der Waals surface area (Å²) in [7, 11) is 0. The van der Waals surface area contributed by atoms with E-state index in [2.05, 4.69) is 10.6 Å². The average molecular weight is 317 g/mol. The van der Waals surface area contributed by atoms with Crippen LogP contribution >= 0.6 is 11.6 Å². The van der Waals surface area contributed by atoms with Crippen LogP contribution in [0.25, 0.3) is 0 Å². The Bertz CT molecular complexity index is 703. The van der Waals surface area contributed by atoms with E-state index in [-0.39, 0.29) is 12.1 Å². The fourth-order valence-corrected chi connectivity index (χ4v) is 2.76. The van der Waals surface area contributed by atoms with Crippen LogP contribution in [-0.2, 0) is 6.42 Å². The van der Waals surface area contributed by atoms with Gasteiger partial charge in [0.15, 0.2) is 0 Å². The van der Waals surface area contributed by atoms with Gasteiger partial charge in [0.05, 0.1) is 6.04 Å². The maximum atomic E-state index is 12.1. The van der Waals surface area contributed by atoms with E-state index in [1.807, 2.05) is 37.3 Å². The van der Waals surface area contributed by atoms with Crippen LogP contribution in [0.5, 0.6) is 5.75 Å². The Hall–Kier alpha value is -2.20. The molecule has 2 amide bonds. The third-order valence-electron chi connectivity index (χ3n) is 3.65. The van der Waals surface area contributed by atoms with Crippen molar-refractivity contribution in [3.05, 3.63) is 58.6 Å². The number of aryl methyl sites for hydroxylation is 1. The molecular weight excluding hydrogens is 300 g/mol. The molecule has 0 bridgehead atoms. The number of fused-ring (bicyclic) bond motifs is 1. The van der Waals surface area contributed by atoms with Gasteiger partial charge in [0.1, 0.15) is 12.4 Å². The van der Waals surface area contributed by atoms with Gasteiger partial charge in [-0.1, -0.05) is 29.8 Å². The summed E-state index contributed by atoms with van der Waals surface area (Å²) in [6.45, 7) is 2.38. The second-order valence-electron chi connectivity index (χ2n) is 5.38. The molecule has 1 aliphatic heterocycles. The second kappa shape index (κ2) is 6.28. The van der Waals surface area contributed by atoms with Crippen molar-refractivity contribution in [2.45, 2.75) is 19.4 Å². The molecule has 0 saturated carbocycles.